The standard InChI is InChI=1S/C34H41ClN2O7/c1-34(2,3)21-37(30(39)17-16-29(38)36(4)20-22-12-14-23(15-13-22)33(41)44-7)31-26(18-24(35)19-28(31)43-6)32(40)25-10-8-9-11-27(25)42-5/h8-15,18-19,32,40H,16-17,20-21H2,1-7H3/t32-/m1/s1. The Balaban J connectivity index is 1.90. The molecule has 0 spiro atoms. The maximum atomic E-state index is 13.9. The highest BCUT2D eigenvalue weighted by Crippen LogP contribution is 2.43. The molecule has 1 atom stereocenters. The molecule has 44 heavy (non-hydrogen) atoms. The Morgan fingerprint density at radius 1 is 0.864 bits per heavy atom. The molecule has 0 aromatic heterocycles. The van der Waals surface area contributed by atoms with Crippen LogP contribution in [0.4, 0.5) is 5.69 Å². The molecule has 0 unspecified atom stereocenters. The number of methoxy groups -OCH3 is 3. The number of nitrogens with zero attached hydrogens (tertiary/aromatic N) is 2. The van der Waals surface area contributed by atoms with Crippen LogP contribution in [0.15, 0.2) is 60.7 Å². The number of halogens is 1. The van der Waals surface area contributed by atoms with Crippen LogP contribution in [-0.4, -0.2) is 62.7 Å². The van der Waals surface area contributed by atoms with Crippen molar-refractivity contribution < 1.29 is 33.7 Å². The summed E-state index contributed by atoms with van der Waals surface area (Å²) < 4.78 is 15.9. The molecule has 0 aliphatic heterocycles. The van der Waals surface area contributed by atoms with Gasteiger partial charge in [0.15, 0.2) is 0 Å². The van der Waals surface area contributed by atoms with E-state index in [1.54, 1.807) is 72.6 Å². The van der Waals surface area contributed by atoms with Gasteiger partial charge in [-0.2, -0.15) is 0 Å². The molecule has 0 saturated heterocycles. The Kier molecular flexibility index (Phi) is 11.8. The van der Waals surface area contributed by atoms with E-state index in [2.05, 4.69) is 0 Å². The number of esters is 1. The third kappa shape index (κ3) is 8.74. The van der Waals surface area contributed by atoms with Gasteiger partial charge in [0.05, 0.1) is 32.6 Å². The molecule has 9 nitrogen and oxygen atoms in total. The lowest BCUT2D eigenvalue weighted by Gasteiger charge is -2.34. The summed E-state index contributed by atoms with van der Waals surface area (Å²) >= 11 is 6.46. The van der Waals surface area contributed by atoms with Crippen molar-refractivity contribution in [1.82, 2.24) is 4.90 Å². The fourth-order valence-corrected chi connectivity index (χ4v) is 5.06. The first-order valence-electron chi connectivity index (χ1n) is 14.2. The minimum absolute atomic E-state index is 0.0312. The second-order valence-electron chi connectivity index (χ2n) is 11.7. The van der Waals surface area contributed by atoms with Crippen LogP contribution in [0.3, 0.4) is 0 Å². The number of carbonyl (C=O) groups is 3. The normalized spacial score (nSPS) is 11.8. The van der Waals surface area contributed by atoms with E-state index in [0.717, 1.165) is 5.56 Å². The van der Waals surface area contributed by atoms with Gasteiger partial charge < -0.3 is 29.1 Å². The lowest BCUT2D eigenvalue weighted by atomic mass is 9.93. The molecule has 3 aromatic carbocycles. The molecule has 0 bridgehead atoms. The van der Waals surface area contributed by atoms with Crippen molar-refractivity contribution in [2.24, 2.45) is 5.41 Å². The molecule has 0 saturated carbocycles. The van der Waals surface area contributed by atoms with Gasteiger partial charge in [-0.25, -0.2) is 4.79 Å². The molecule has 10 heteroatoms. The molecule has 0 radical (unpaired) electrons. The number of hydrogen-bond donors (Lipinski definition) is 1. The van der Waals surface area contributed by atoms with Gasteiger partial charge in [-0.1, -0.05) is 62.7 Å². The second-order valence-corrected chi connectivity index (χ2v) is 12.1. The van der Waals surface area contributed by atoms with Crippen molar-refractivity contribution >= 4 is 35.1 Å². The number of benzene rings is 3. The maximum absolute atomic E-state index is 13.9. The number of rotatable bonds is 12. The van der Waals surface area contributed by atoms with Gasteiger partial charge in [0.25, 0.3) is 0 Å². The highest BCUT2D eigenvalue weighted by atomic mass is 35.5. The van der Waals surface area contributed by atoms with Gasteiger partial charge >= 0.3 is 5.97 Å². The summed E-state index contributed by atoms with van der Waals surface area (Å²) in [6.45, 7) is 6.58. The van der Waals surface area contributed by atoms with E-state index in [4.69, 9.17) is 25.8 Å². The van der Waals surface area contributed by atoms with Crippen LogP contribution in [0.2, 0.25) is 5.02 Å². The van der Waals surface area contributed by atoms with Crippen molar-refractivity contribution in [1.29, 1.82) is 0 Å². The number of carbonyl (C=O) groups excluding carboxylic acids is 3. The molecular formula is C34H41ClN2O7. The molecule has 3 rings (SSSR count). The lowest BCUT2D eigenvalue weighted by Crippen LogP contribution is -2.39. The number of hydrogen-bond acceptors (Lipinski definition) is 7. The van der Waals surface area contributed by atoms with Gasteiger partial charge in [0.1, 0.15) is 17.6 Å². The Bertz CT molecular complexity index is 1470. The van der Waals surface area contributed by atoms with Crippen LogP contribution >= 0.6 is 11.6 Å². The molecule has 0 fully saturated rings. The number of anilines is 1. The SMILES string of the molecule is COC(=O)c1ccc(CN(C)C(=O)CCC(=O)N(CC(C)(C)C)c2c(OC)cc(Cl)cc2[C@H](O)c2ccccc2OC)cc1. The third-order valence-corrected chi connectivity index (χ3v) is 7.21. The molecule has 2 amide bonds. The summed E-state index contributed by atoms with van der Waals surface area (Å²) in [6, 6.07) is 17.1. The van der Waals surface area contributed by atoms with Crippen LogP contribution < -0.4 is 14.4 Å². The fraction of sp³-hybridized carbons (Fsp3) is 0.382. The third-order valence-electron chi connectivity index (χ3n) is 6.99. The minimum atomic E-state index is -1.19. The monoisotopic (exact) mass is 624 g/mol. The second kappa shape index (κ2) is 15.1. The van der Waals surface area contributed by atoms with E-state index in [9.17, 15) is 19.5 Å². The largest absolute Gasteiger partial charge is 0.496 e. The minimum Gasteiger partial charge on any atom is -0.496 e. The topological polar surface area (TPSA) is 106 Å². The van der Waals surface area contributed by atoms with Gasteiger partial charge in [-0.15, -0.1) is 0 Å². The summed E-state index contributed by atoms with van der Waals surface area (Å²) in [6.07, 6.45) is -1.30. The van der Waals surface area contributed by atoms with Crippen LogP contribution in [0, 0.1) is 5.41 Å². The number of aliphatic hydroxyl groups excluding tert-OH is 1. The fourth-order valence-electron chi connectivity index (χ4n) is 4.84. The van der Waals surface area contributed by atoms with E-state index >= 15 is 0 Å². The molecule has 0 aliphatic rings. The highest BCUT2D eigenvalue weighted by molar-refractivity contribution is 6.31. The predicted molar refractivity (Wildman–Crippen MR) is 170 cm³/mol. The van der Waals surface area contributed by atoms with Crippen LogP contribution in [-0.2, 0) is 20.9 Å². The number of amides is 2. The summed E-state index contributed by atoms with van der Waals surface area (Å²) in [5, 5.41) is 12.0. The first kappa shape index (κ1) is 34.4. The average molecular weight is 625 g/mol. The Morgan fingerprint density at radius 3 is 2.07 bits per heavy atom. The number of ether oxygens (including phenoxy) is 3. The van der Waals surface area contributed by atoms with Crippen LogP contribution in [0.1, 0.15) is 66.8 Å². The quantitative estimate of drug-likeness (QED) is 0.245. The van der Waals surface area contributed by atoms with Gasteiger partial charge in [0.2, 0.25) is 11.8 Å². The van der Waals surface area contributed by atoms with E-state index < -0.39 is 12.1 Å². The molecule has 0 aliphatic carbocycles. The van der Waals surface area contributed by atoms with Crippen molar-refractivity contribution in [3.8, 4) is 11.5 Å². The Hall–Kier alpha value is -4.08. The van der Waals surface area contributed by atoms with Gasteiger partial charge in [-0.05, 0) is 35.2 Å². The zero-order valence-electron chi connectivity index (χ0n) is 26.3. The first-order valence-corrected chi connectivity index (χ1v) is 14.6. The van der Waals surface area contributed by atoms with Crippen molar-refractivity contribution in [3.63, 3.8) is 0 Å². The number of para-hydroxylation sites is 1. The molecule has 1 N–H and O–H groups in total. The van der Waals surface area contributed by atoms with Crippen LogP contribution in [0.25, 0.3) is 0 Å². The van der Waals surface area contributed by atoms with E-state index in [1.807, 2.05) is 20.8 Å². The van der Waals surface area contributed by atoms with Crippen molar-refractivity contribution in [2.45, 2.75) is 46.3 Å². The highest BCUT2D eigenvalue weighted by Gasteiger charge is 2.31. The Morgan fingerprint density at radius 2 is 1.48 bits per heavy atom. The van der Waals surface area contributed by atoms with E-state index in [1.165, 1.54) is 26.2 Å². The average Bonchev–Trinajstić information content (AvgIpc) is 3.00. The van der Waals surface area contributed by atoms with Gasteiger partial charge in [0, 0.05) is 55.2 Å². The van der Waals surface area contributed by atoms with Crippen molar-refractivity contribution in [2.75, 3.05) is 39.8 Å². The summed E-state index contributed by atoms with van der Waals surface area (Å²) in [4.78, 5) is 41.9. The summed E-state index contributed by atoms with van der Waals surface area (Å²) in [5.74, 6) is -0.165. The molecule has 0 heterocycles. The van der Waals surface area contributed by atoms with E-state index in [0.29, 0.717) is 45.4 Å². The molecule has 236 valence electrons. The van der Waals surface area contributed by atoms with Crippen LogP contribution in [0.5, 0.6) is 11.5 Å². The smallest absolute Gasteiger partial charge is 0.337 e. The van der Waals surface area contributed by atoms with Crippen molar-refractivity contribution in [3.05, 3.63) is 87.9 Å². The summed E-state index contributed by atoms with van der Waals surface area (Å²) in [5.41, 5.74) is 2.15. The zero-order chi connectivity index (χ0) is 32.6. The Labute approximate surface area is 264 Å². The number of aliphatic hydroxyl groups is 1. The van der Waals surface area contributed by atoms with E-state index in [-0.39, 0.29) is 36.6 Å². The molecule has 3 aromatic rings. The maximum Gasteiger partial charge on any atom is 0.337 e. The lowest BCUT2D eigenvalue weighted by molar-refractivity contribution is -0.132. The predicted octanol–water partition coefficient (Wildman–Crippen LogP) is 6.04. The summed E-state index contributed by atoms with van der Waals surface area (Å²) in [7, 11) is 5.98. The molecular weight excluding hydrogens is 584 g/mol. The van der Waals surface area contributed by atoms with Gasteiger partial charge in [-0.3, -0.25) is 9.59 Å². The first-order chi connectivity index (χ1) is 20.8. The zero-order valence-corrected chi connectivity index (χ0v) is 27.1.